The zero-order valence-corrected chi connectivity index (χ0v) is 12.4. The highest BCUT2D eigenvalue weighted by atomic mass is 35.5. The molecule has 1 aliphatic heterocycles. The van der Waals surface area contributed by atoms with Crippen molar-refractivity contribution >= 4 is 46.1 Å². The SMILES string of the molecule is O=C1OC(=O)c2ccc(SCC(O)CCl)c3cccc1c23. The lowest BCUT2D eigenvalue weighted by molar-refractivity contribution is 0.0391. The van der Waals surface area contributed by atoms with Gasteiger partial charge in [0.1, 0.15) is 0 Å². The van der Waals surface area contributed by atoms with Gasteiger partial charge in [0.25, 0.3) is 0 Å². The van der Waals surface area contributed by atoms with E-state index in [9.17, 15) is 14.7 Å². The van der Waals surface area contributed by atoms with E-state index in [1.807, 2.05) is 6.07 Å². The van der Waals surface area contributed by atoms with Gasteiger partial charge in [-0.2, -0.15) is 0 Å². The number of carbonyl (C=O) groups is 2. The number of halogens is 1. The van der Waals surface area contributed by atoms with Crippen LogP contribution in [0.2, 0.25) is 0 Å². The second kappa shape index (κ2) is 5.67. The molecule has 0 saturated heterocycles. The molecule has 21 heavy (non-hydrogen) atoms. The quantitative estimate of drug-likeness (QED) is 0.406. The Morgan fingerprint density at radius 2 is 1.86 bits per heavy atom. The number of aliphatic hydroxyl groups is 1. The molecule has 0 saturated carbocycles. The van der Waals surface area contributed by atoms with Crippen molar-refractivity contribution in [3.8, 4) is 0 Å². The number of benzene rings is 2. The van der Waals surface area contributed by atoms with Crippen molar-refractivity contribution in [2.75, 3.05) is 11.6 Å². The van der Waals surface area contributed by atoms with E-state index in [4.69, 9.17) is 16.3 Å². The third-order valence-electron chi connectivity index (χ3n) is 3.24. The number of ether oxygens (including phenoxy) is 1. The highest BCUT2D eigenvalue weighted by Crippen LogP contribution is 2.35. The molecule has 1 aliphatic rings. The minimum absolute atomic E-state index is 0.166. The lowest BCUT2D eigenvalue weighted by Crippen LogP contribution is -2.19. The fraction of sp³-hybridized carbons (Fsp3) is 0.200. The maximum atomic E-state index is 11.8. The number of rotatable bonds is 4. The molecule has 0 radical (unpaired) electrons. The van der Waals surface area contributed by atoms with Crippen LogP contribution in [0.3, 0.4) is 0 Å². The van der Waals surface area contributed by atoms with E-state index in [1.165, 1.54) is 11.8 Å². The van der Waals surface area contributed by atoms with Crippen LogP contribution in [0.25, 0.3) is 10.8 Å². The zero-order chi connectivity index (χ0) is 15.0. The molecule has 6 heteroatoms. The molecule has 1 N–H and O–H groups in total. The number of aliphatic hydroxyl groups excluding tert-OH is 1. The standard InChI is InChI=1S/C15H11ClO4S/c16-6-8(17)7-21-12-5-4-11-13-9(12)2-1-3-10(13)14(18)20-15(11)19/h1-5,8,17H,6-7H2. The van der Waals surface area contributed by atoms with Gasteiger partial charge in [-0.3, -0.25) is 0 Å². The fourth-order valence-electron chi connectivity index (χ4n) is 2.27. The van der Waals surface area contributed by atoms with E-state index < -0.39 is 18.0 Å². The summed E-state index contributed by atoms with van der Waals surface area (Å²) in [5.41, 5.74) is 0.782. The largest absolute Gasteiger partial charge is 0.391 e. The van der Waals surface area contributed by atoms with Gasteiger partial charge >= 0.3 is 11.9 Å². The summed E-state index contributed by atoms with van der Waals surface area (Å²) in [5, 5.41) is 11.0. The number of alkyl halides is 1. The highest BCUT2D eigenvalue weighted by Gasteiger charge is 2.27. The Morgan fingerprint density at radius 3 is 2.57 bits per heavy atom. The van der Waals surface area contributed by atoms with Crippen LogP contribution in [0, 0.1) is 0 Å². The molecule has 0 aliphatic carbocycles. The molecule has 2 aromatic carbocycles. The van der Waals surface area contributed by atoms with Crippen molar-refractivity contribution in [3.63, 3.8) is 0 Å². The Balaban J connectivity index is 2.12. The predicted octanol–water partition coefficient (Wildman–Crippen LogP) is 2.84. The molecule has 0 fully saturated rings. The summed E-state index contributed by atoms with van der Waals surface area (Å²) in [7, 11) is 0. The van der Waals surface area contributed by atoms with Crippen molar-refractivity contribution < 1.29 is 19.4 Å². The molecule has 108 valence electrons. The maximum absolute atomic E-state index is 11.8. The number of hydrogen-bond acceptors (Lipinski definition) is 5. The molecule has 1 atom stereocenters. The summed E-state index contributed by atoms with van der Waals surface area (Å²) in [4.78, 5) is 24.5. The molecule has 0 spiro atoms. The predicted molar refractivity (Wildman–Crippen MR) is 81.1 cm³/mol. The lowest BCUT2D eigenvalue weighted by Gasteiger charge is -2.17. The van der Waals surface area contributed by atoms with Crippen LogP contribution in [0.4, 0.5) is 0 Å². The normalized spacial score (nSPS) is 15.1. The Kier molecular flexibility index (Phi) is 3.89. The van der Waals surface area contributed by atoms with E-state index >= 15 is 0 Å². The Hall–Kier alpha value is -1.56. The van der Waals surface area contributed by atoms with Crippen LogP contribution < -0.4 is 0 Å². The molecule has 0 aromatic heterocycles. The van der Waals surface area contributed by atoms with Crippen molar-refractivity contribution in [1.82, 2.24) is 0 Å². The zero-order valence-electron chi connectivity index (χ0n) is 10.8. The van der Waals surface area contributed by atoms with E-state index in [2.05, 4.69) is 0 Å². The van der Waals surface area contributed by atoms with Gasteiger partial charge in [-0.1, -0.05) is 12.1 Å². The summed E-state index contributed by atoms with van der Waals surface area (Å²) < 4.78 is 4.72. The number of hydrogen-bond donors (Lipinski definition) is 1. The minimum atomic E-state index is -0.624. The summed E-state index contributed by atoms with van der Waals surface area (Å²) >= 11 is 7.03. The van der Waals surface area contributed by atoms with E-state index in [0.717, 1.165) is 10.3 Å². The fourth-order valence-corrected chi connectivity index (χ4v) is 3.49. The molecule has 1 heterocycles. The van der Waals surface area contributed by atoms with Crippen LogP contribution in [-0.4, -0.2) is 34.8 Å². The first-order valence-electron chi connectivity index (χ1n) is 6.31. The number of esters is 2. The van der Waals surface area contributed by atoms with Gasteiger partial charge in [0.05, 0.1) is 17.2 Å². The third-order valence-corrected chi connectivity index (χ3v) is 4.81. The van der Waals surface area contributed by atoms with Crippen LogP contribution >= 0.6 is 23.4 Å². The second-order valence-electron chi connectivity index (χ2n) is 4.64. The minimum Gasteiger partial charge on any atom is -0.391 e. The topological polar surface area (TPSA) is 63.6 Å². The molecule has 0 bridgehead atoms. The molecular weight excluding hydrogens is 312 g/mol. The van der Waals surface area contributed by atoms with Gasteiger partial charge in [0.2, 0.25) is 0 Å². The molecule has 3 rings (SSSR count). The second-order valence-corrected chi connectivity index (χ2v) is 6.01. The van der Waals surface area contributed by atoms with Crippen molar-refractivity contribution in [2.24, 2.45) is 0 Å². The Labute approximate surface area is 130 Å². The van der Waals surface area contributed by atoms with Gasteiger partial charge in [-0.05, 0) is 23.6 Å². The van der Waals surface area contributed by atoms with Crippen LogP contribution in [0.1, 0.15) is 20.7 Å². The summed E-state index contributed by atoms with van der Waals surface area (Å²) in [6, 6.07) is 8.69. The smallest absolute Gasteiger partial charge is 0.346 e. The van der Waals surface area contributed by atoms with Crippen LogP contribution in [-0.2, 0) is 4.74 Å². The molecular formula is C15H11ClO4S. The number of carbonyl (C=O) groups excluding carboxylic acids is 2. The first-order chi connectivity index (χ1) is 10.1. The van der Waals surface area contributed by atoms with Crippen molar-refractivity contribution in [3.05, 3.63) is 41.5 Å². The average Bonchev–Trinajstić information content (AvgIpc) is 2.50. The Morgan fingerprint density at radius 1 is 1.14 bits per heavy atom. The third kappa shape index (κ3) is 2.52. The first-order valence-corrected chi connectivity index (χ1v) is 7.83. The van der Waals surface area contributed by atoms with E-state index in [-0.39, 0.29) is 5.88 Å². The summed E-state index contributed by atoms with van der Waals surface area (Å²) in [6.07, 6.45) is -0.603. The lowest BCUT2D eigenvalue weighted by atomic mass is 9.97. The van der Waals surface area contributed by atoms with Gasteiger partial charge in [0, 0.05) is 21.9 Å². The van der Waals surface area contributed by atoms with E-state index in [1.54, 1.807) is 24.3 Å². The summed E-state index contributed by atoms with van der Waals surface area (Å²) in [5.74, 6) is -0.637. The molecule has 2 aromatic rings. The maximum Gasteiger partial charge on any atom is 0.346 e. The van der Waals surface area contributed by atoms with Gasteiger partial charge in [0.15, 0.2) is 0 Å². The molecule has 1 unspecified atom stereocenters. The van der Waals surface area contributed by atoms with Crippen LogP contribution in [0.15, 0.2) is 35.2 Å². The number of thioether (sulfide) groups is 1. The van der Waals surface area contributed by atoms with Gasteiger partial charge in [-0.25, -0.2) is 9.59 Å². The van der Waals surface area contributed by atoms with Gasteiger partial charge < -0.3 is 9.84 Å². The Bertz CT molecular complexity index is 724. The van der Waals surface area contributed by atoms with Gasteiger partial charge in [-0.15, -0.1) is 23.4 Å². The summed E-state index contributed by atoms with van der Waals surface area (Å²) in [6.45, 7) is 0. The monoisotopic (exact) mass is 322 g/mol. The average molecular weight is 323 g/mol. The molecule has 0 amide bonds. The van der Waals surface area contributed by atoms with E-state index in [0.29, 0.717) is 22.3 Å². The number of cyclic esters (lactones) is 2. The van der Waals surface area contributed by atoms with Crippen LogP contribution in [0.5, 0.6) is 0 Å². The first kappa shape index (κ1) is 14.4. The highest BCUT2D eigenvalue weighted by molar-refractivity contribution is 7.99. The molecule has 4 nitrogen and oxygen atoms in total. The van der Waals surface area contributed by atoms with Crippen molar-refractivity contribution in [2.45, 2.75) is 11.0 Å². The van der Waals surface area contributed by atoms with Crippen molar-refractivity contribution in [1.29, 1.82) is 0 Å².